The number of carbonyl (C=O) groups is 4. The number of aliphatic hydroxyl groups excluding tert-OH is 1. The lowest BCUT2D eigenvalue weighted by molar-refractivity contribution is -0.139. The molecule has 1 aliphatic heterocycles. The van der Waals surface area contributed by atoms with Gasteiger partial charge in [0.2, 0.25) is 0 Å². The SMILES string of the molecule is O=C(CC[C@@H](NC(=O)c1c(Cl)cc(-c2ccccc2)cc1Cl)C(=O)O)CNC(=O)c1cccc(CC2=NCC(O)CC2)c1. The normalized spacial score (nSPS) is 15.2. The molecule has 1 aliphatic rings. The summed E-state index contributed by atoms with van der Waals surface area (Å²) in [4.78, 5) is 54.3. The fraction of sp³-hybridized carbons (Fsp3) is 0.281. The van der Waals surface area contributed by atoms with Crippen LogP contribution in [0.5, 0.6) is 0 Å². The molecule has 0 spiro atoms. The van der Waals surface area contributed by atoms with Crippen molar-refractivity contribution in [3.05, 3.63) is 93.5 Å². The Hall–Kier alpha value is -4.05. The summed E-state index contributed by atoms with van der Waals surface area (Å²) in [6.07, 6.45) is 1.14. The molecule has 43 heavy (non-hydrogen) atoms. The molecule has 0 saturated carbocycles. The largest absolute Gasteiger partial charge is 0.480 e. The summed E-state index contributed by atoms with van der Waals surface area (Å²) in [6.45, 7) is 0.0833. The smallest absolute Gasteiger partial charge is 0.326 e. The number of carbonyl (C=O) groups excluding carboxylic acids is 3. The molecule has 1 heterocycles. The van der Waals surface area contributed by atoms with Crippen molar-refractivity contribution in [1.29, 1.82) is 0 Å². The first-order valence-electron chi connectivity index (χ1n) is 13.8. The van der Waals surface area contributed by atoms with Crippen LogP contribution < -0.4 is 10.6 Å². The molecule has 0 radical (unpaired) electrons. The summed E-state index contributed by atoms with van der Waals surface area (Å²) in [5, 5.41) is 24.3. The number of carboxylic acid groups (broad SMARTS) is 1. The van der Waals surface area contributed by atoms with Gasteiger partial charge in [-0.3, -0.25) is 19.4 Å². The van der Waals surface area contributed by atoms with Crippen molar-refractivity contribution in [2.75, 3.05) is 13.1 Å². The number of rotatable bonds is 12. The standard InChI is InChI=1S/C32H31Cl2N3O6/c33-26-15-22(20-6-2-1-3-7-20)16-27(34)29(26)31(41)37-28(32(42)43)12-11-25(39)18-36-30(40)21-8-4-5-19(13-21)14-23-9-10-24(38)17-35-23/h1-8,13,15-16,24,28,38H,9-12,14,17-18H2,(H,36,40)(H,37,41)(H,42,43)/t24?,28-/m1/s1. The van der Waals surface area contributed by atoms with E-state index in [-0.39, 0.29) is 35.0 Å². The topological polar surface area (TPSA) is 145 Å². The van der Waals surface area contributed by atoms with Gasteiger partial charge in [0, 0.05) is 24.1 Å². The van der Waals surface area contributed by atoms with Gasteiger partial charge in [0.05, 0.1) is 34.8 Å². The Bertz CT molecular complexity index is 1520. The molecule has 4 N–H and O–H groups in total. The molecule has 0 aliphatic carbocycles. The van der Waals surface area contributed by atoms with Crippen molar-refractivity contribution in [2.45, 2.75) is 44.2 Å². The second-order valence-electron chi connectivity index (χ2n) is 10.3. The van der Waals surface area contributed by atoms with Gasteiger partial charge in [-0.25, -0.2) is 4.79 Å². The van der Waals surface area contributed by atoms with Crippen LogP contribution in [0, 0.1) is 0 Å². The van der Waals surface area contributed by atoms with Gasteiger partial charge in [0.1, 0.15) is 6.04 Å². The number of Topliss-reactive ketones (excluding diaryl/α,β-unsaturated/α-hetero) is 1. The monoisotopic (exact) mass is 623 g/mol. The van der Waals surface area contributed by atoms with E-state index in [1.165, 1.54) is 0 Å². The van der Waals surface area contributed by atoms with Crippen LogP contribution >= 0.6 is 23.2 Å². The van der Waals surface area contributed by atoms with Crippen LogP contribution in [0.25, 0.3) is 11.1 Å². The second-order valence-corrected chi connectivity index (χ2v) is 11.1. The summed E-state index contributed by atoms with van der Waals surface area (Å²) < 4.78 is 0. The molecule has 0 fully saturated rings. The average molecular weight is 625 g/mol. The summed E-state index contributed by atoms with van der Waals surface area (Å²) in [6, 6.07) is 18.0. The van der Waals surface area contributed by atoms with Gasteiger partial charge in [-0.05, 0) is 60.2 Å². The van der Waals surface area contributed by atoms with E-state index in [2.05, 4.69) is 15.6 Å². The van der Waals surface area contributed by atoms with Crippen LogP contribution in [0.2, 0.25) is 10.0 Å². The van der Waals surface area contributed by atoms with Gasteiger partial charge >= 0.3 is 5.97 Å². The molecular formula is C32H31Cl2N3O6. The van der Waals surface area contributed by atoms with Gasteiger partial charge in [0.15, 0.2) is 5.78 Å². The van der Waals surface area contributed by atoms with Crippen molar-refractivity contribution in [2.24, 2.45) is 4.99 Å². The molecule has 0 saturated heterocycles. The molecule has 4 rings (SSSR count). The first-order chi connectivity index (χ1) is 20.6. The molecule has 3 aromatic carbocycles. The molecule has 0 aromatic heterocycles. The Morgan fingerprint density at radius 1 is 0.930 bits per heavy atom. The maximum atomic E-state index is 12.9. The highest BCUT2D eigenvalue weighted by molar-refractivity contribution is 6.40. The van der Waals surface area contributed by atoms with Crippen LogP contribution in [0.3, 0.4) is 0 Å². The quantitative estimate of drug-likeness (QED) is 0.229. The van der Waals surface area contributed by atoms with Crippen molar-refractivity contribution >= 4 is 52.5 Å². The van der Waals surface area contributed by atoms with E-state index >= 15 is 0 Å². The molecular weight excluding hydrogens is 593 g/mol. The number of nitrogens with one attached hydrogen (secondary N) is 2. The Labute approximate surface area is 258 Å². The van der Waals surface area contributed by atoms with E-state index in [0.29, 0.717) is 36.9 Å². The number of amides is 2. The minimum Gasteiger partial charge on any atom is -0.480 e. The van der Waals surface area contributed by atoms with Crippen molar-refractivity contribution in [1.82, 2.24) is 10.6 Å². The van der Waals surface area contributed by atoms with Crippen molar-refractivity contribution < 1.29 is 29.4 Å². The number of hydrogen-bond donors (Lipinski definition) is 4. The van der Waals surface area contributed by atoms with Crippen LogP contribution in [0.1, 0.15) is 52.0 Å². The van der Waals surface area contributed by atoms with E-state index < -0.39 is 35.7 Å². The predicted octanol–water partition coefficient (Wildman–Crippen LogP) is 4.76. The maximum absolute atomic E-state index is 12.9. The molecule has 2 amide bonds. The minimum absolute atomic E-state index is 0.0568. The van der Waals surface area contributed by atoms with Crippen LogP contribution in [0.4, 0.5) is 0 Å². The number of aliphatic imine (C=N–C) groups is 1. The third-order valence-corrected chi connectivity index (χ3v) is 7.62. The highest BCUT2D eigenvalue weighted by Crippen LogP contribution is 2.32. The molecule has 0 bridgehead atoms. The number of carboxylic acids is 1. The zero-order chi connectivity index (χ0) is 30.9. The van der Waals surface area contributed by atoms with Gasteiger partial charge in [0.25, 0.3) is 11.8 Å². The number of nitrogens with zero attached hydrogens (tertiary/aromatic N) is 1. The second kappa shape index (κ2) is 14.9. The van der Waals surface area contributed by atoms with Crippen LogP contribution in [0.15, 0.2) is 71.7 Å². The number of aliphatic hydroxyl groups is 1. The summed E-state index contributed by atoms with van der Waals surface area (Å²) in [7, 11) is 0. The van der Waals surface area contributed by atoms with Crippen LogP contribution in [-0.2, 0) is 16.0 Å². The van der Waals surface area contributed by atoms with Gasteiger partial charge in [-0.15, -0.1) is 0 Å². The molecule has 2 atom stereocenters. The van der Waals surface area contributed by atoms with E-state index in [1.54, 1.807) is 30.3 Å². The first kappa shape index (κ1) is 31.9. The third kappa shape index (κ3) is 8.97. The Morgan fingerprint density at radius 3 is 2.30 bits per heavy atom. The average Bonchev–Trinajstić information content (AvgIpc) is 2.99. The van der Waals surface area contributed by atoms with Gasteiger partial charge in [-0.2, -0.15) is 0 Å². The number of aliphatic carboxylic acids is 1. The summed E-state index contributed by atoms with van der Waals surface area (Å²) in [5.41, 5.74) is 3.71. The highest BCUT2D eigenvalue weighted by atomic mass is 35.5. The number of hydrogen-bond acceptors (Lipinski definition) is 6. The zero-order valence-corrected chi connectivity index (χ0v) is 24.7. The van der Waals surface area contributed by atoms with E-state index in [1.807, 2.05) is 36.4 Å². The minimum atomic E-state index is -1.38. The Morgan fingerprint density at radius 2 is 1.65 bits per heavy atom. The van der Waals surface area contributed by atoms with Gasteiger partial charge < -0.3 is 20.8 Å². The maximum Gasteiger partial charge on any atom is 0.326 e. The van der Waals surface area contributed by atoms with Crippen molar-refractivity contribution in [3.63, 3.8) is 0 Å². The van der Waals surface area contributed by atoms with E-state index in [0.717, 1.165) is 16.8 Å². The van der Waals surface area contributed by atoms with Gasteiger partial charge in [-0.1, -0.05) is 65.7 Å². The number of halogens is 2. The fourth-order valence-electron chi connectivity index (χ4n) is 4.69. The zero-order valence-electron chi connectivity index (χ0n) is 23.2. The third-order valence-electron chi connectivity index (χ3n) is 7.03. The lowest BCUT2D eigenvalue weighted by atomic mass is 9.99. The van der Waals surface area contributed by atoms with Crippen molar-refractivity contribution in [3.8, 4) is 11.1 Å². The molecule has 9 nitrogen and oxygen atoms in total. The molecule has 1 unspecified atom stereocenters. The Kier molecular flexibility index (Phi) is 11.1. The molecule has 224 valence electrons. The van der Waals surface area contributed by atoms with Crippen LogP contribution in [-0.4, -0.2) is 64.7 Å². The molecule has 3 aromatic rings. The summed E-state index contributed by atoms with van der Waals surface area (Å²) >= 11 is 12.7. The lowest BCUT2D eigenvalue weighted by Gasteiger charge is -2.17. The first-order valence-corrected chi connectivity index (χ1v) is 14.5. The molecule has 11 heteroatoms. The number of benzene rings is 3. The predicted molar refractivity (Wildman–Crippen MR) is 165 cm³/mol. The fourth-order valence-corrected chi connectivity index (χ4v) is 5.35. The Balaban J connectivity index is 1.29. The highest BCUT2D eigenvalue weighted by Gasteiger charge is 2.25. The lowest BCUT2D eigenvalue weighted by Crippen LogP contribution is -2.41. The van der Waals surface area contributed by atoms with E-state index in [4.69, 9.17) is 23.2 Å². The summed E-state index contributed by atoms with van der Waals surface area (Å²) in [5.74, 6) is -2.95. The number of ketones is 1. The van der Waals surface area contributed by atoms with E-state index in [9.17, 15) is 29.4 Å².